The van der Waals surface area contributed by atoms with Crippen LogP contribution in [0.15, 0.2) is 48.7 Å². The van der Waals surface area contributed by atoms with Crippen LogP contribution in [-0.2, 0) is 11.3 Å². The van der Waals surface area contributed by atoms with E-state index in [1.54, 1.807) is 24.1 Å². The summed E-state index contributed by atoms with van der Waals surface area (Å²) >= 11 is 0. The third-order valence-electron chi connectivity index (χ3n) is 4.65. The molecular formula is C21H20F2N2O3. The summed E-state index contributed by atoms with van der Waals surface area (Å²) in [7, 11) is 1.59. The van der Waals surface area contributed by atoms with E-state index in [4.69, 9.17) is 14.2 Å². The molecule has 7 heteroatoms. The first-order valence-corrected chi connectivity index (χ1v) is 9.03. The highest BCUT2D eigenvalue weighted by Crippen LogP contribution is 2.33. The number of ether oxygens (including phenoxy) is 3. The summed E-state index contributed by atoms with van der Waals surface area (Å²) in [5.41, 5.74) is 1.79. The first kappa shape index (κ1) is 18.4. The summed E-state index contributed by atoms with van der Waals surface area (Å²) in [6, 6.07) is 11.5. The number of rotatable bonds is 6. The van der Waals surface area contributed by atoms with Gasteiger partial charge in [-0.3, -0.25) is 4.68 Å². The summed E-state index contributed by atoms with van der Waals surface area (Å²) in [5, 5.41) is 4.48. The molecule has 0 unspecified atom stereocenters. The highest BCUT2D eigenvalue weighted by Gasteiger charge is 2.20. The number of methoxy groups -OCH3 is 1. The Bertz CT molecular complexity index is 968. The zero-order valence-corrected chi connectivity index (χ0v) is 15.4. The van der Waals surface area contributed by atoms with E-state index in [0.717, 1.165) is 18.1 Å². The maximum absolute atomic E-state index is 13.9. The second kappa shape index (κ2) is 7.98. The van der Waals surface area contributed by atoms with Crippen LogP contribution in [0, 0.1) is 11.6 Å². The second-order valence-corrected chi connectivity index (χ2v) is 6.58. The number of benzene rings is 2. The Morgan fingerprint density at radius 3 is 2.86 bits per heavy atom. The summed E-state index contributed by atoms with van der Waals surface area (Å²) in [5.74, 6) is -0.450. The number of hydrogen-bond donors (Lipinski definition) is 0. The molecule has 146 valence electrons. The van der Waals surface area contributed by atoms with Crippen molar-refractivity contribution in [1.82, 2.24) is 9.78 Å². The van der Waals surface area contributed by atoms with Crippen LogP contribution in [0.25, 0.3) is 11.3 Å². The van der Waals surface area contributed by atoms with Crippen molar-refractivity contribution in [3.8, 4) is 22.8 Å². The molecule has 5 nitrogen and oxygen atoms in total. The molecule has 2 aromatic carbocycles. The molecule has 0 N–H and O–H groups in total. The lowest BCUT2D eigenvalue weighted by Gasteiger charge is -2.15. The fourth-order valence-corrected chi connectivity index (χ4v) is 3.16. The predicted molar refractivity (Wildman–Crippen MR) is 99.5 cm³/mol. The monoisotopic (exact) mass is 386 g/mol. The third-order valence-corrected chi connectivity index (χ3v) is 4.65. The van der Waals surface area contributed by atoms with Crippen molar-refractivity contribution in [1.29, 1.82) is 0 Å². The molecule has 0 spiro atoms. The van der Waals surface area contributed by atoms with Gasteiger partial charge in [-0.2, -0.15) is 5.10 Å². The summed E-state index contributed by atoms with van der Waals surface area (Å²) in [4.78, 5) is 0. The minimum Gasteiger partial charge on any atom is -0.493 e. The first-order chi connectivity index (χ1) is 13.6. The maximum atomic E-state index is 13.9. The van der Waals surface area contributed by atoms with Gasteiger partial charge in [-0.15, -0.1) is 0 Å². The molecule has 1 aliphatic rings. The van der Waals surface area contributed by atoms with Gasteiger partial charge in [-0.1, -0.05) is 12.1 Å². The zero-order chi connectivity index (χ0) is 19.5. The maximum Gasteiger partial charge on any atom is 0.163 e. The van der Waals surface area contributed by atoms with Crippen molar-refractivity contribution < 1.29 is 23.0 Å². The van der Waals surface area contributed by atoms with Gasteiger partial charge in [0.25, 0.3) is 0 Å². The van der Waals surface area contributed by atoms with Gasteiger partial charge in [-0.05, 0) is 30.3 Å². The normalized spacial score (nSPS) is 16.3. The number of nitrogens with zero attached hydrogens (tertiary/aromatic N) is 2. The van der Waals surface area contributed by atoms with Crippen molar-refractivity contribution in [3.05, 3.63) is 65.9 Å². The van der Waals surface area contributed by atoms with Crippen LogP contribution in [-0.4, -0.2) is 36.2 Å². The van der Waals surface area contributed by atoms with E-state index in [0.29, 0.717) is 30.4 Å². The molecule has 1 aliphatic heterocycles. The van der Waals surface area contributed by atoms with Gasteiger partial charge in [0.05, 0.1) is 32.6 Å². The fraction of sp³-hybridized carbons (Fsp3) is 0.286. The van der Waals surface area contributed by atoms with E-state index < -0.39 is 11.6 Å². The standard InChI is InChI=1S/C21H20F2N2O3/c1-26-19-6-5-14(11-20(19)28-16-8-10-27-13-16)18-7-9-25(24-18)12-15-3-2-4-17(22)21(15)23/h2-7,9,11,16H,8,10,12-13H2,1H3/t16-/m1/s1. The minimum atomic E-state index is -0.863. The lowest BCUT2D eigenvalue weighted by Crippen LogP contribution is -2.16. The lowest BCUT2D eigenvalue weighted by atomic mass is 10.1. The molecule has 4 rings (SSSR count). The van der Waals surface area contributed by atoms with Crippen LogP contribution in [0.2, 0.25) is 0 Å². The largest absolute Gasteiger partial charge is 0.493 e. The number of aromatic nitrogens is 2. The number of hydrogen-bond acceptors (Lipinski definition) is 4. The molecular weight excluding hydrogens is 366 g/mol. The van der Waals surface area contributed by atoms with Crippen LogP contribution in [0.4, 0.5) is 8.78 Å². The van der Waals surface area contributed by atoms with Crippen LogP contribution in [0.5, 0.6) is 11.5 Å². The molecule has 1 aromatic heterocycles. The summed E-state index contributed by atoms with van der Waals surface area (Å²) in [6.07, 6.45) is 2.56. The Morgan fingerprint density at radius 2 is 2.07 bits per heavy atom. The van der Waals surface area contributed by atoms with Gasteiger partial charge in [0.15, 0.2) is 23.1 Å². The molecule has 28 heavy (non-hydrogen) atoms. The summed E-state index contributed by atoms with van der Waals surface area (Å²) in [6.45, 7) is 1.39. The molecule has 0 aliphatic carbocycles. The Hall–Kier alpha value is -2.93. The van der Waals surface area contributed by atoms with Gasteiger partial charge >= 0.3 is 0 Å². The highest BCUT2D eigenvalue weighted by atomic mass is 19.2. The SMILES string of the molecule is COc1ccc(-c2ccn(Cc3cccc(F)c3F)n2)cc1O[C@@H]1CCOC1. The van der Waals surface area contributed by atoms with Gasteiger partial charge in [0.1, 0.15) is 6.10 Å². The average molecular weight is 386 g/mol. The van der Waals surface area contributed by atoms with E-state index in [9.17, 15) is 8.78 Å². The first-order valence-electron chi connectivity index (χ1n) is 9.03. The molecule has 0 amide bonds. The lowest BCUT2D eigenvalue weighted by molar-refractivity contribution is 0.138. The molecule has 0 radical (unpaired) electrons. The Kier molecular flexibility index (Phi) is 5.25. The van der Waals surface area contributed by atoms with E-state index in [-0.39, 0.29) is 18.2 Å². The molecule has 1 fully saturated rings. The van der Waals surface area contributed by atoms with Crippen LogP contribution < -0.4 is 9.47 Å². The second-order valence-electron chi connectivity index (χ2n) is 6.58. The Morgan fingerprint density at radius 1 is 1.18 bits per heavy atom. The smallest absolute Gasteiger partial charge is 0.163 e. The molecule has 0 saturated carbocycles. The van der Waals surface area contributed by atoms with Crippen molar-refractivity contribution >= 4 is 0 Å². The third kappa shape index (κ3) is 3.84. The molecule has 0 bridgehead atoms. The van der Waals surface area contributed by atoms with Crippen molar-refractivity contribution in [2.75, 3.05) is 20.3 Å². The van der Waals surface area contributed by atoms with Gasteiger partial charge in [0, 0.05) is 23.7 Å². The van der Waals surface area contributed by atoms with Crippen LogP contribution in [0.1, 0.15) is 12.0 Å². The van der Waals surface area contributed by atoms with Crippen LogP contribution >= 0.6 is 0 Å². The Balaban J connectivity index is 1.56. The average Bonchev–Trinajstić information content (AvgIpc) is 3.38. The molecule has 1 atom stereocenters. The minimum absolute atomic E-state index is 0.00217. The molecule has 3 aromatic rings. The quantitative estimate of drug-likeness (QED) is 0.641. The van der Waals surface area contributed by atoms with Gasteiger partial charge in [-0.25, -0.2) is 8.78 Å². The fourth-order valence-electron chi connectivity index (χ4n) is 3.16. The Labute approximate surface area is 161 Å². The van der Waals surface area contributed by atoms with Crippen LogP contribution in [0.3, 0.4) is 0 Å². The zero-order valence-electron chi connectivity index (χ0n) is 15.4. The van der Waals surface area contributed by atoms with E-state index in [1.807, 2.05) is 24.3 Å². The van der Waals surface area contributed by atoms with E-state index in [2.05, 4.69) is 5.10 Å². The highest BCUT2D eigenvalue weighted by molar-refractivity contribution is 5.63. The summed E-state index contributed by atoms with van der Waals surface area (Å²) < 4.78 is 45.6. The van der Waals surface area contributed by atoms with Crippen molar-refractivity contribution in [2.45, 2.75) is 19.1 Å². The molecule has 2 heterocycles. The van der Waals surface area contributed by atoms with E-state index >= 15 is 0 Å². The van der Waals surface area contributed by atoms with Crippen molar-refractivity contribution in [3.63, 3.8) is 0 Å². The van der Waals surface area contributed by atoms with Gasteiger partial charge < -0.3 is 14.2 Å². The number of halogens is 2. The van der Waals surface area contributed by atoms with E-state index in [1.165, 1.54) is 6.07 Å². The van der Waals surface area contributed by atoms with Crippen molar-refractivity contribution in [2.24, 2.45) is 0 Å². The topological polar surface area (TPSA) is 45.5 Å². The van der Waals surface area contributed by atoms with Gasteiger partial charge in [0.2, 0.25) is 0 Å². The predicted octanol–water partition coefficient (Wildman–Crippen LogP) is 4.05. The molecule has 1 saturated heterocycles.